The fraction of sp³-hybridized carbons (Fsp3) is 0.250. The number of amides is 1. The van der Waals surface area contributed by atoms with Crippen molar-refractivity contribution in [3.8, 4) is 0 Å². The number of nitrogens with one attached hydrogen (secondary N) is 1. The fourth-order valence-electron chi connectivity index (χ4n) is 2.93. The van der Waals surface area contributed by atoms with Gasteiger partial charge in [0.2, 0.25) is 0 Å². The molecule has 0 spiro atoms. The fourth-order valence-corrected chi connectivity index (χ4v) is 2.93. The van der Waals surface area contributed by atoms with Crippen molar-refractivity contribution in [2.24, 2.45) is 0 Å². The van der Waals surface area contributed by atoms with Crippen molar-refractivity contribution in [1.82, 2.24) is 5.32 Å². The minimum absolute atomic E-state index is 0.0261. The normalized spacial score (nSPS) is 18.3. The Morgan fingerprint density at radius 3 is 1.91 bits per heavy atom. The molecule has 0 bridgehead atoms. The minimum atomic E-state index is 0.0261. The molecule has 1 amide bonds. The number of carbonyl (C=O) groups is 1. The van der Waals surface area contributed by atoms with Crippen LogP contribution < -0.4 is 5.32 Å². The predicted octanol–water partition coefficient (Wildman–Crippen LogP) is 4.12. The van der Waals surface area contributed by atoms with Gasteiger partial charge in [0.15, 0.2) is 0 Å². The van der Waals surface area contributed by atoms with Crippen molar-refractivity contribution in [2.45, 2.75) is 33.2 Å². The third-order valence-corrected chi connectivity index (χ3v) is 4.16. The van der Waals surface area contributed by atoms with Crippen molar-refractivity contribution >= 4 is 17.1 Å². The molecule has 0 fully saturated rings. The van der Waals surface area contributed by atoms with Gasteiger partial charge in [0, 0.05) is 6.04 Å². The van der Waals surface area contributed by atoms with Crippen molar-refractivity contribution < 1.29 is 4.79 Å². The van der Waals surface area contributed by atoms with Gasteiger partial charge in [-0.3, -0.25) is 4.79 Å². The Labute approximate surface area is 131 Å². The van der Waals surface area contributed by atoms with E-state index >= 15 is 0 Å². The van der Waals surface area contributed by atoms with Gasteiger partial charge in [0.25, 0.3) is 5.91 Å². The minimum Gasteiger partial charge on any atom is -0.349 e. The lowest BCUT2D eigenvalue weighted by atomic mass is 9.86. The van der Waals surface area contributed by atoms with Gasteiger partial charge < -0.3 is 5.32 Å². The highest BCUT2D eigenvalue weighted by atomic mass is 16.1. The first kappa shape index (κ1) is 14.6. The smallest absolute Gasteiger partial charge is 0.252 e. The Morgan fingerprint density at radius 1 is 0.864 bits per heavy atom. The van der Waals surface area contributed by atoms with Gasteiger partial charge in [-0.25, -0.2) is 0 Å². The van der Waals surface area contributed by atoms with E-state index in [0.717, 1.165) is 28.7 Å². The Kier molecular flexibility index (Phi) is 3.84. The lowest BCUT2D eigenvalue weighted by Crippen LogP contribution is -2.37. The Bertz CT molecular complexity index is 723. The molecule has 2 aromatic rings. The van der Waals surface area contributed by atoms with Crippen LogP contribution in [0.4, 0.5) is 0 Å². The molecule has 1 N–H and O–H groups in total. The van der Waals surface area contributed by atoms with Crippen LogP contribution in [-0.4, -0.2) is 11.9 Å². The Balaban J connectivity index is 2.17. The SMILES string of the molecule is Cc1ccc(C2=C(c3ccc(C)cc3)C(=O)NC(C)C2)cc1. The second-order valence-corrected chi connectivity index (χ2v) is 6.16. The molecule has 2 aromatic carbocycles. The van der Waals surface area contributed by atoms with E-state index in [1.807, 2.05) is 12.1 Å². The third kappa shape index (κ3) is 2.82. The van der Waals surface area contributed by atoms with E-state index in [0.29, 0.717) is 0 Å². The summed E-state index contributed by atoms with van der Waals surface area (Å²) in [5, 5.41) is 3.06. The van der Waals surface area contributed by atoms with E-state index in [1.165, 1.54) is 11.1 Å². The highest BCUT2D eigenvalue weighted by Crippen LogP contribution is 2.33. The molecule has 1 atom stereocenters. The van der Waals surface area contributed by atoms with E-state index in [2.05, 4.69) is 62.5 Å². The van der Waals surface area contributed by atoms with Crippen molar-refractivity contribution in [3.63, 3.8) is 0 Å². The van der Waals surface area contributed by atoms with Gasteiger partial charge in [-0.1, -0.05) is 59.7 Å². The first-order chi connectivity index (χ1) is 10.5. The summed E-state index contributed by atoms with van der Waals surface area (Å²) < 4.78 is 0. The Morgan fingerprint density at radius 2 is 1.36 bits per heavy atom. The largest absolute Gasteiger partial charge is 0.349 e. The second-order valence-electron chi connectivity index (χ2n) is 6.16. The van der Waals surface area contributed by atoms with Gasteiger partial charge in [0.05, 0.1) is 5.57 Å². The molecule has 0 radical (unpaired) electrons. The molecule has 1 unspecified atom stereocenters. The molecule has 0 saturated heterocycles. The molecule has 112 valence electrons. The molecule has 0 aromatic heterocycles. The van der Waals surface area contributed by atoms with Crippen molar-refractivity contribution in [1.29, 1.82) is 0 Å². The molecule has 1 aliphatic heterocycles. The van der Waals surface area contributed by atoms with Crippen LogP contribution in [0.1, 0.15) is 35.6 Å². The summed E-state index contributed by atoms with van der Waals surface area (Å²) >= 11 is 0. The molecule has 2 nitrogen and oxygen atoms in total. The van der Waals surface area contributed by atoms with Gasteiger partial charge in [-0.2, -0.15) is 0 Å². The average molecular weight is 291 g/mol. The van der Waals surface area contributed by atoms with Crippen LogP contribution in [0, 0.1) is 13.8 Å². The highest BCUT2D eigenvalue weighted by molar-refractivity contribution is 6.28. The number of benzene rings is 2. The van der Waals surface area contributed by atoms with Crippen LogP contribution in [0.5, 0.6) is 0 Å². The van der Waals surface area contributed by atoms with E-state index in [4.69, 9.17) is 0 Å². The average Bonchev–Trinajstić information content (AvgIpc) is 2.49. The topological polar surface area (TPSA) is 29.1 Å². The maximum atomic E-state index is 12.6. The van der Waals surface area contributed by atoms with E-state index in [9.17, 15) is 4.79 Å². The standard InChI is InChI=1S/C20H21NO/c1-13-4-8-16(9-5-13)18-12-15(3)21-20(22)19(18)17-10-6-14(2)7-11-17/h4-11,15H,12H2,1-3H3,(H,21,22). The number of hydrogen-bond acceptors (Lipinski definition) is 1. The summed E-state index contributed by atoms with van der Waals surface area (Å²) in [6.07, 6.45) is 0.859. The number of carbonyl (C=O) groups excluding carboxylic acids is 1. The first-order valence-electron chi connectivity index (χ1n) is 7.72. The summed E-state index contributed by atoms with van der Waals surface area (Å²) in [7, 11) is 0. The molecule has 3 rings (SSSR count). The number of rotatable bonds is 2. The molecule has 1 aliphatic rings. The third-order valence-electron chi connectivity index (χ3n) is 4.16. The zero-order valence-electron chi connectivity index (χ0n) is 13.3. The second kappa shape index (κ2) is 5.80. The van der Waals surface area contributed by atoms with Gasteiger partial charge in [-0.15, -0.1) is 0 Å². The summed E-state index contributed by atoms with van der Waals surface area (Å²) in [6, 6.07) is 16.8. The number of aryl methyl sites for hydroxylation is 2. The first-order valence-corrected chi connectivity index (χ1v) is 7.72. The van der Waals surface area contributed by atoms with Crippen LogP contribution >= 0.6 is 0 Å². The van der Waals surface area contributed by atoms with Crippen LogP contribution in [-0.2, 0) is 4.79 Å². The van der Waals surface area contributed by atoms with E-state index < -0.39 is 0 Å². The molecular weight excluding hydrogens is 270 g/mol. The van der Waals surface area contributed by atoms with Crippen LogP contribution in [0.2, 0.25) is 0 Å². The predicted molar refractivity (Wildman–Crippen MR) is 91.4 cm³/mol. The lowest BCUT2D eigenvalue weighted by Gasteiger charge is -2.26. The van der Waals surface area contributed by atoms with Gasteiger partial charge >= 0.3 is 0 Å². The quantitative estimate of drug-likeness (QED) is 0.886. The molecule has 22 heavy (non-hydrogen) atoms. The maximum absolute atomic E-state index is 12.6. The molecule has 0 aliphatic carbocycles. The number of hydrogen-bond donors (Lipinski definition) is 1. The van der Waals surface area contributed by atoms with Crippen LogP contribution in [0.15, 0.2) is 48.5 Å². The van der Waals surface area contributed by atoms with E-state index in [1.54, 1.807) is 0 Å². The Hall–Kier alpha value is -2.35. The molecule has 1 heterocycles. The molecule has 2 heteroatoms. The maximum Gasteiger partial charge on any atom is 0.252 e. The zero-order chi connectivity index (χ0) is 15.7. The lowest BCUT2D eigenvalue weighted by molar-refractivity contribution is -0.116. The van der Waals surface area contributed by atoms with Crippen molar-refractivity contribution in [3.05, 3.63) is 70.8 Å². The monoisotopic (exact) mass is 291 g/mol. The summed E-state index contributed by atoms with van der Waals surface area (Å²) in [5.74, 6) is 0.0261. The highest BCUT2D eigenvalue weighted by Gasteiger charge is 2.26. The van der Waals surface area contributed by atoms with Gasteiger partial charge in [0.1, 0.15) is 0 Å². The van der Waals surface area contributed by atoms with Gasteiger partial charge in [-0.05, 0) is 43.9 Å². The molecular formula is C20H21NO. The van der Waals surface area contributed by atoms with Crippen molar-refractivity contribution in [2.75, 3.05) is 0 Å². The summed E-state index contributed by atoms with van der Waals surface area (Å²) in [4.78, 5) is 12.6. The van der Waals surface area contributed by atoms with E-state index in [-0.39, 0.29) is 11.9 Å². The summed E-state index contributed by atoms with van der Waals surface area (Å²) in [5.41, 5.74) is 6.51. The van der Waals surface area contributed by atoms with Crippen LogP contribution in [0.3, 0.4) is 0 Å². The summed E-state index contributed by atoms with van der Waals surface area (Å²) in [6.45, 7) is 6.19. The van der Waals surface area contributed by atoms with Crippen LogP contribution in [0.25, 0.3) is 11.1 Å². The molecule has 0 saturated carbocycles. The zero-order valence-corrected chi connectivity index (χ0v) is 13.3.